The number of hydrogen-bond donors (Lipinski definition) is 0. The lowest BCUT2D eigenvalue weighted by molar-refractivity contribution is 0.308. The van der Waals surface area contributed by atoms with E-state index >= 15 is 0 Å². The molecule has 0 aromatic rings. The van der Waals surface area contributed by atoms with Gasteiger partial charge in [0.15, 0.2) is 0 Å². The predicted molar refractivity (Wildman–Crippen MR) is 35.9 cm³/mol. The van der Waals surface area contributed by atoms with Gasteiger partial charge < -0.3 is 0 Å². The zero-order chi connectivity index (χ0) is 8.04. The van der Waals surface area contributed by atoms with Crippen LogP contribution in [0.1, 0.15) is 12.8 Å². The summed E-state index contributed by atoms with van der Waals surface area (Å²) in [4.78, 5) is 0. The summed E-state index contributed by atoms with van der Waals surface area (Å²) in [6.07, 6.45) is 0.662. The molecule has 0 rings (SSSR count). The lowest BCUT2D eigenvalue weighted by Crippen LogP contribution is -1.99. The summed E-state index contributed by atoms with van der Waals surface area (Å²) in [5.74, 6) is 0. The summed E-state index contributed by atoms with van der Waals surface area (Å²) in [6, 6.07) is 0. The van der Waals surface area contributed by atoms with Crippen molar-refractivity contribution in [1.29, 1.82) is 0 Å². The van der Waals surface area contributed by atoms with Crippen molar-refractivity contribution in [3.63, 3.8) is 0 Å². The lowest BCUT2D eigenvalue weighted by atomic mass is 10.4. The molecule has 0 aliphatic rings. The van der Waals surface area contributed by atoms with Crippen molar-refractivity contribution in [2.45, 2.75) is 12.8 Å². The maximum absolute atomic E-state index is 11.4. The summed E-state index contributed by atoms with van der Waals surface area (Å²) in [5.41, 5.74) is 0. The Morgan fingerprint density at radius 3 is 2.40 bits per heavy atom. The minimum atomic E-state index is -3.85. The fourth-order valence-corrected chi connectivity index (χ4v) is 0.861. The predicted octanol–water partition coefficient (Wildman–Crippen LogP) is 1.24. The Bertz CT molecular complexity index is 167. The van der Waals surface area contributed by atoms with E-state index in [0.29, 0.717) is 12.8 Å². The second-order valence-electron chi connectivity index (χ2n) is 1.61. The largest absolute Gasteiger partial charge is 0.355 e. The minimum Gasteiger partial charge on any atom is -0.258 e. The standard InChI is InChI=1S/C4H8ClFO3S/c5-10(7,8)9-4-2-1-3-6/h1-4H2. The summed E-state index contributed by atoms with van der Waals surface area (Å²) < 4.78 is 35.6. The topological polar surface area (TPSA) is 43.4 Å². The van der Waals surface area contributed by atoms with Gasteiger partial charge in [-0.1, -0.05) is 0 Å². The van der Waals surface area contributed by atoms with Gasteiger partial charge in [-0.15, -0.1) is 0 Å². The Kier molecular flexibility index (Phi) is 4.93. The van der Waals surface area contributed by atoms with Crippen LogP contribution in [-0.4, -0.2) is 21.7 Å². The van der Waals surface area contributed by atoms with E-state index in [9.17, 15) is 12.8 Å². The molecule has 10 heavy (non-hydrogen) atoms. The van der Waals surface area contributed by atoms with E-state index in [0.717, 1.165) is 0 Å². The molecule has 3 nitrogen and oxygen atoms in total. The first-order valence-corrected chi connectivity index (χ1v) is 4.94. The molecule has 0 aromatic heterocycles. The maximum atomic E-state index is 11.4. The van der Waals surface area contributed by atoms with Crippen LogP contribution in [0.5, 0.6) is 0 Å². The van der Waals surface area contributed by atoms with Gasteiger partial charge >= 0.3 is 9.33 Å². The molecule has 0 saturated carbocycles. The van der Waals surface area contributed by atoms with Crippen molar-refractivity contribution in [3.8, 4) is 0 Å². The van der Waals surface area contributed by atoms with Crippen molar-refractivity contribution in [1.82, 2.24) is 0 Å². The molecule has 0 fully saturated rings. The molecule has 0 saturated heterocycles. The van der Waals surface area contributed by atoms with Crippen molar-refractivity contribution in [2.24, 2.45) is 0 Å². The van der Waals surface area contributed by atoms with Crippen molar-refractivity contribution in [3.05, 3.63) is 0 Å². The van der Waals surface area contributed by atoms with Crippen LogP contribution >= 0.6 is 10.7 Å². The number of hydrogen-bond acceptors (Lipinski definition) is 3. The van der Waals surface area contributed by atoms with Gasteiger partial charge in [-0.25, -0.2) is 0 Å². The quantitative estimate of drug-likeness (QED) is 0.484. The number of unbranched alkanes of at least 4 members (excludes halogenated alkanes) is 1. The van der Waals surface area contributed by atoms with Gasteiger partial charge in [0.2, 0.25) is 0 Å². The molecule has 0 bridgehead atoms. The second kappa shape index (κ2) is 4.87. The average Bonchev–Trinajstić information content (AvgIpc) is 1.78. The molecule has 0 atom stereocenters. The first-order valence-electron chi connectivity index (χ1n) is 2.71. The molecule has 0 spiro atoms. The van der Waals surface area contributed by atoms with Gasteiger partial charge in [-0.3, -0.25) is 8.57 Å². The first-order chi connectivity index (χ1) is 4.56. The summed E-state index contributed by atoms with van der Waals surface area (Å²) in [7, 11) is 0.814. The van der Waals surface area contributed by atoms with E-state index in [-0.39, 0.29) is 6.61 Å². The zero-order valence-electron chi connectivity index (χ0n) is 5.22. The fraction of sp³-hybridized carbons (Fsp3) is 1.00. The van der Waals surface area contributed by atoms with Gasteiger partial charge in [0.1, 0.15) is 0 Å². The van der Waals surface area contributed by atoms with Gasteiger partial charge in [0.05, 0.1) is 13.3 Å². The summed E-state index contributed by atoms with van der Waals surface area (Å²) in [6.45, 7) is -0.512. The van der Waals surface area contributed by atoms with E-state index in [4.69, 9.17) is 0 Å². The molecule has 6 heteroatoms. The highest BCUT2D eigenvalue weighted by Crippen LogP contribution is 2.00. The Labute approximate surface area is 63.8 Å². The molecule has 0 aliphatic carbocycles. The number of halogens is 2. The Morgan fingerprint density at radius 1 is 1.40 bits per heavy atom. The SMILES string of the molecule is O=S(=O)(Cl)OCCCCF. The highest BCUT2D eigenvalue weighted by Gasteiger charge is 2.02. The van der Waals surface area contributed by atoms with Gasteiger partial charge in [0, 0.05) is 10.7 Å². The smallest absolute Gasteiger partial charge is 0.258 e. The third-order valence-corrected chi connectivity index (χ3v) is 1.47. The molecule has 62 valence electrons. The van der Waals surface area contributed by atoms with Crippen LogP contribution in [-0.2, 0) is 13.5 Å². The molecular weight excluding hydrogens is 183 g/mol. The van der Waals surface area contributed by atoms with Crippen LogP contribution in [0.4, 0.5) is 4.39 Å². The lowest BCUT2D eigenvalue weighted by Gasteiger charge is -1.95. The maximum Gasteiger partial charge on any atom is 0.355 e. The zero-order valence-corrected chi connectivity index (χ0v) is 6.79. The monoisotopic (exact) mass is 190 g/mol. The van der Waals surface area contributed by atoms with Crippen LogP contribution in [0.3, 0.4) is 0 Å². The van der Waals surface area contributed by atoms with E-state index in [1.54, 1.807) is 0 Å². The van der Waals surface area contributed by atoms with Crippen LogP contribution in [0.25, 0.3) is 0 Å². The molecule has 0 N–H and O–H groups in total. The third kappa shape index (κ3) is 8.13. The van der Waals surface area contributed by atoms with Crippen LogP contribution < -0.4 is 0 Å². The molecule has 0 heterocycles. The van der Waals surface area contributed by atoms with Crippen molar-refractivity contribution in [2.75, 3.05) is 13.3 Å². The second-order valence-corrected chi connectivity index (χ2v) is 3.77. The van der Waals surface area contributed by atoms with E-state index in [2.05, 4.69) is 14.9 Å². The van der Waals surface area contributed by atoms with Crippen LogP contribution in [0.2, 0.25) is 0 Å². The molecule has 0 radical (unpaired) electrons. The van der Waals surface area contributed by atoms with Gasteiger partial charge in [-0.05, 0) is 12.8 Å². The van der Waals surface area contributed by atoms with Gasteiger partial charge in [-0.2, -0.15) is 8.42 Å². The van der Waals surface area contributed by atoms with Crippen LogP contribution in [0, 0.1) is 0 Å². The highest BCUT2D eigenvalue weighted by atomic mass is 35.7. The van der Waals surface area contributed by atoms with Crippen molar-refractivity contribution < 1.29 is 17.0 Å². The minimum absolute atomic E-state index is 0.0459. The summed E-state index contributed by atoms with van der Waals surface area (Å²) >= 11 is 0. The average molecular weight is 191 g/mol. The number of rotatable bonds is 5. The van der Waals surface area contributed by atoms with E-state index in [1.807, 2.05) is 0 Å². The third-order valence-electron chi connectivity index (χ3n) is 0.752. The highest BCUT2D eigenvalue weighted by molar-refractivity contribution is 8.09. The Morgan fingerprint density at radius 2 is 2.00 bits per heavy atom. The Balaban J connectivity index is 3.21. The summed E-state index contributed by atoms with van der Waals surface area (Å²) in [5, 5.41) is 0. The van der Waals surface area contributed by atoms with Crippen LogP contribution in [0.15, 0.2) is 0 Å². The normalized spacial score (nSPS) is 11.8. The molecule has 0 unspecified atom stereocenters. The molecular formula is C4H8ClFO3S. The van der Waals surface area contributed by atoms with Gasteiger partial charge in [0.25, 0.3) is 0 Å². The molecule has 0 aliphatic heterocycles. The van der Waals surface area contributed by atoms with E-state index in [1.165, 1.54) is 0 Å². The fourth-order valence-electron chi connectivity index (χ4n) is 0.355. The van der Waals surface area contributed by atoms with Crippen molar-refractivity contribution >= 4 is 20.0 Å². The first kappa shape index (κ1) is 10.1. The van der Waals surface area contributed by atoms with E-state index < -0.39 is 16.0 Å². The number of alkyl halides is 1. The Hall–Kier alpha value is 0.130. The molecule has 0 amide bonds. The molecule has 0 aromatic carbocycles.